The van der Waals surface area contributed by atoms with Crippen LogP contribution in [0.1, 0.15) is 146 Å². The van der Waals surface area contributed by atoms with Crippen LogP contribution < -0.4 is 10.2 Å². The Morgan fingerprint density at radius 2 is 1.63 bits per heavy atom. The molecule has 4 amide bonds. The number of aryl methyl sites for hydroxylation is 1. The predicted octanol–water partition coefficient (Wildman–Crippen LogP) is 7.87. The smallest absolute Gasteiger partial charge is 0.255 e. The van der Waals surface area contributed by atoms with Crippen LogP contribution in [0.4, 0.5) is 5.69 Å². The van der Waals surface area contributed by atoms with Crippen molar-refractivity contribution in [3.8, 4) is 6.07 Å². The molecule has 0 radical (unpaired) electrons. The summed E-state index contributed by atoms with van der Waals surface area (Å²) in [5.41, 5.74) is 8.58. The largest absolute Gasteiger partial charge is 0.371 e. The van der Waals surface area contributed by atoms with Gasteiger partial charge in [-0.05, 0) is 97.4 Å². The number of benzene rings is 3. The van der Waals surface area contributed by atoms with E-state index in [0.717, 1.165) is 147 Å². The molecule has 9 rings (SSSR count). The number of aromatic nitrogens is 1. The molecule has 3 aromatic carbocycles. The topological polar surface area (TPSA) is 150 Å². The molecule has 3 fully saturated rings. The third kappa shape index (κ3) is 8.72. The van der Waals surface area contributed by atoms with E-state index in [4.69, 9.17) is 0 Å². The maximum absolute atomic E-state index is 14.1. The van der Waals surface area contributed by atoms with Crippen molar-refractivity contribution in [2.45, 2.75) is 127 Å². The first kappa shape index (κ1) is 44.7. The molecule has 4 aliphatic heterocycles. The number of nitrogens with one attached hydrogen (secondary N) is 2. The van der Waals surface area contributed by atoms with Gasteiger partial charge in [-0.25, -0.2) is 0 Å². The number of nitriles is 1. The zero-order chi connectivity index (χ0) is 45.4. The Bertz CT molecular complexity index is 2580. The van der Waals surface area contributed by atoms with Gasteiger partial charge in [0.2, 0.25) is 17.7 Å². The number of ketones is 1. The molecular formula is C52H61N7O5S. The highest BCUT2D eigenvalue weighted by Crippen LogP contribution is 2.46. The molecule has 0 saturated carbocycles. The molecule has 0 spiro atoms. The Hall–Kier alpha value is -5.45. The van der Waals surface area contributed by atoms with E-state index in [9.17, 15) is 29.2 Å². The van der Waals surface area contributed by atoms with E-state index in [-0.39, 0.29) is 35.8 Å². The average molecular weight is 896 g/mol. The van der Waals surface area contributed by atoms with E-state index in [1.165, 1.54) is 11.3 Å². The van der Waals surface area contributed by atoms with Crippen LogP contribution in [0.3, 0.4) is 0 Å². The van der Waals surface area contributed by atoms with Gasteiger partial charge < -0.3 is 19.7 Å². The van der Waals surface area contributed by atoms with Crippen LogP contribution in [0.25, 0.3) is 10.9 Å². The van der Waals surface area contributed by atoms with Gasteiger partial charge in [0.1, 0.15) is 6.04 Å². The van der Waals surface area contributed by atoms with E-state index in [1.807, 2.05) is 24.3 Å². The number of amides is 4. The van der Waals surface area contributed by atoms with E-state index >= 15 is 0 Å². The van der Waals surface area contributed by atoms with Crippen molar-refractivity contribution in [2.24, 2.45) is 0 Å². The lowest BCUT2D eigenvalue weighted by Gasteiger charge is -2.44. The normalized spacial score (nSPS) is 19.9. The second kappa shape index (κ2) is 18.8. The van der Waals surface area contributed by atoms with Crippen molar-refractivity contribution in [3.05, 3.63) is 93.2 Å². The Morgan fingerprint density at radius 1 is 0.877 bits per heavy atom. The monoisotopic (exact) mass is 895 g/mol. The van der Waals surface area contributed by atoms with Gasteiger partial charge >= 0.3 is 0 Å². The first-order valence-corrected chi connectivity index (χ1v) is 24.9. The molecule has 0 bridgehead atoms. The zero-order valence-corrected chi connectivity index (χ0v) is 38.9. The summed E-state index contributed by atoms with van der Waals surface area (Å²) >= 11 is 1.77. The van der Waals surface area contributed by atoms with E-state index in [0.29, 0.717) is 36.6 Å². The van der Waals surface area contributed by atoms with Crippen LogP contribution in [0.5, 0.6) is 0 Å². The summed E-state index contributed by atoms with van der Waals surface area (Å²) < 4.78 is 0. The molecule has 1 aromatic heterocycles. The third-order valence-corrected chi connectivity index (χ3v) is 16.1. The van der Waals surface area contributed by atoms with Gasteiger partial charge in [-0.15, -0.1) is 11.8 Å². The summed E-state index contributed by atoms with van der Waals surface area (Å²) in [5.74, 6) is 0.513. The lowest BCUT2D eigenvalue weighted by Crippen LogP contribution is -2.54. The number of imide groups is 1. The van der Waals surface area contributed by atoms with Crippen molar-refractivity contribution < 1.29 is 24.0 Å². The van der Waals surface area contributed by atoms with Crippen LogP contribution >= 0.6 is 11.8 Å². The molecule has 1 aliphatic carbocycles. The number of unbranched alkanes of at least 4 members (excludes halogenated alkanes) is 5. The summed E-state index contributed by atoms with van der Waals surface area (Å²) in [6.07, 6.45) is 10.7. The van der Waals surface area contributed by atoms with E-state index < -0.39 is 11.5 Å². The highest BCUT2D eigenvalue weighted by molar-refractivity contribution is 7.99. The summed E-state index contributed by atoms with van der Waals surface area (Å²) in [4.78, 5) is 78.0. The van der Waals surface area contributed by atoms with Crippen molar-refractivity contribution in [1.82, 2.24) is 25.0 Å². The number of carbonyl (C=O) groups is 5. The van der Waals surface area contributed by atoms with E-state index in [1.54, 1.807) is 22.7 Å². The molecule has 12 nitrogen and oxygen atoms in total. The summed E-state index contributed by atoms with van der Waals surface area (Å²) in [6.45, 7) is 12.3. The number of piperazine rings is 1. The molecule has 5 heterocycles. The fourth-order valence-electron chi connectivity index (χ4n) is 11.1. The first-order chi connectivity index (χ1) is 31.5. The SMILES string of the molecule is CCc1cc2c(cc1N1CCC(N3CCN(C(=O)CCCCCCCCSc4cccc5c4CN(C4CCC(=O)NC4=O)C5=O)CC3)CC1)C(C)(C)c1[nH]c3cc(C#N)ccc3c1C2=O. The minimum atomic E-state index is -0.597. The molecule has 3 saturated heterocycles. The van der Waals surface area contributed by atoms with Crippen LogP contribution in [0, 0.1) is 11.3 Å². The molecule has 4 aromatic rings. The number of hydrogen-bond acceptors (Lipinski definition) is 9. The van der Waals surface area contributed by atoms with Crippen LogP contribution in [-0.4, -0.2) is 106 Å². The first-order valence-electron chi connectivity index (χ1n) is 23.9. The number of rotatable bonds is 14. The average Bonchev–Trinajstić information content (AvgIpc) is 3.88. The van der Waals surface area contributed by atoms with Crippen LogP contribution in [0.15, 0.2) is 53.4 Å². The highest BCUT2D eigenvalue weighted by atomic mass is 32.2. The van der Waals surface area contributed by atoms with Gasteiger partial charge in [0.05, 0.1) is 17.2 Å². The number of anilines is 1. The van der Waals surface area contributed by atoms with Gasteiger partial charge in [0.15, 0.2) is 5.78 Å². The summed E-state index contributed by atoms with van der Waals surface area (Å²) in [7, 11) is 0. The standard InChI is InChI=1S/C52H61N7O5S/c1-4-34-29-38-40(52(2,3)49-47(48(38)62)37-16-15-33(31-53)28-41(37)54-49)30-43(34)57-21-19-35(20-22-57)56-23-25-58(26-24-56)46(61)14-9-7-5-6-8-10-27-65-44-13-11-12-36-39(44)32-59(51(36)64)42-17-18-45(60)55-50(42)63/h11-13,15-16,28-30,35,42,54H,4-10,14,17-27,32H2,1-3H3,(H,55,60,63). The van der Waals surface area contributed by atoms with E-state index in [2.05, 4.69) is 70.0 Å². The third-order valence-electron chi connectivity index (χ3n) is 14.9. The Balaban J connectivity index is 0.680. The van der Waals surface area contributed by atoms with Gasteiger partial charge in [-0.3, -0.25) is 34.2 Å². The number of carbonyl (C=O) groups excluding carboxylic acids is 5. The molecule has 1 unspecified atom stereocenters. The maximum Gasteiger partial charge on any atom is 0.255 e. The molecule has 65 heavy (non-hydrogen) atoms. The zero-order valence-electron chi connectivity index (χ0n) is 38.1. The summed E-state index contributed by atoms with van der Waals surface area (Å²) in [6, 6.07) is 17.9. The van der Waals surface area contributed by atoms with Crippen LogP contribution in [-0.2, 0) is 32.8 Å². The second-order valence-electron chi connectivity index (χ2n) is 19.1. The van der Waals surface area contributed by atoms with Crippen LogP contribution in [0.2, 0.25) is 0 Å². The number of hydrogen-bond donors (Lipinski definition) is 2. The Labute approximate surface area is 386 Å². The molecule has 2 N–H and O–H groups in total. The Kier molecular flexibility index (Phi) is 12.9. The number of H-pyrrole nitrogens is 1. The van der Waals surface area contributed by atoms with Crippen molar-refractivity contribution in [1.29, 1.82) is 5.26 Å². The molecule has 1 atom stereocenters. The minimum Gasteiger partial charge on any atom is -0.371 e. The van der Waals surface area contributed by atoms with Gasteiger partial charge in [0.25, 0.3) is 5.91 Å². The minimum absolute atomic E-state index is 0.0549. The second-order valence-corrected chi connectivity index (χ2v) is 20.3. The number of aromatic amines is 1. The lowest BCUT2D eigenvalue weighted by atomic mass is 9.70. The Morgan fingerprint density at radius 3 is 2.37 bits per heavy atom. The number of thioether (sulfide) groups is 1. The predicted molar refractivity (Wildman–Crippen MR) is 253 cm³/mol. The van der Waals surface area contributed by atoms with Crippen molar-refractivity contribution >= 4 is 57.8 Å². The quantitative estimate of drug-likeness (QED) is 0.0733. The molecule has 340 valence electrons. The molecular weight excluding hydrogens is 835 g/mol. The van der Waals surface area contributed by atoms with Gasteiger partial charge in [-0.2, -0.15) is 5.26 Å². The van der Waals surface area contributed by atoms with Crippen molar-refractivity contribution in [3.63, 3.8) is 0 Å². The maximum atomic E-state index is 14.1. The highest BCUT2D eigenvalue weighted by Gasteiger charge is 2.42. The molecule has 13 heteroatoms. The number of nitrogens with zero attached hydrogens (tertiary/aromatic N) is 5. The fourth-order valence-corrected chi connectivity index (χ4v) is 12.2. The lowest BCUT2D eigenvalue weighted by molar-refractivity contribution is -0.137. The summed E-state index contributed by atoms with van der Waals surface area (Å²) in [5, 5.41) is 12.7. The number of piperidine rings is 2. The number of fused-ring (bicyclic) bond motifs is 5. The van der Waals surface area contributed by atoms with Crippen molar-refractivity contribution in [2.75, 3.05) is 49.9 Å². The van der Waals surface area contributed by atoms with Gasteiger partial charge in [-0.1, -0.05) is 58.6 Å². The van der Waals surface area contributed by atoms with Gasteiger partial charge in [0, 0.05) is 108 Å². The fraction of sp³-hybridized carbons (Fsp3) is 0.500. The molecule has 5 aliphatic rings.